The molecule has 8 heteroatoms. The second kappa shape index (κ2) is 9.71. The Bertz CT molecular complexity index is 703. The Balaban J connectivity index is 1.91. The molecule has 0 spiro atoms. The van der Waals surface area contributed by atoms with E-state index in [1.54, 1.807) is 12.1 Å². The van der Waals surface area contributed by atoms with Crippen LogP contribution in [0.25, 0.3) is 0 Å². The Labute approximate surface area is 172 Å². The lowest BCUT2D eigenvalue weighted by Gasteiger charge is -2.20. The molecule has 1 aliphatic rings. The van der Waals surface area contributed by atoms with Crippen molar-refractivity contribution in [3.8, 4) is 17.2 Å². The molecule has 0 radical (unpaired) electrons. The normalized spacial score (nSPS) is 18.7. The first kappa shape index (κ1) is 22.6. The summed E-state index contributed by atoms with van der Waals surface area (Å²) in [6.45, 7) is 5.98. The van der Waals surface area contributed by atoms with Crippen molar-refractivity contribution in [1.82, 2.24) is 5.32 Å². The van der Waals surface area contributed by atoms with E-state index in [4.69, 9.17) is 18.9 Å². The number of methoxy groups -OCH3 is 3. The molecule has 1 aromatic rings. The van der Waals surface area contributed by atoms with E-state index >= 15 is 0 Å². The Kier molecular flexibility index (Phi) is 7.59. The van der Waals surface area contributed by atoms with Crippen LogP contribution in [0, 0.1) is 11.8 Å². The third kappa shape index (κ3) is 6.44. The third-order valence-corrected chi connectivity index (χ3v) is 4.78. The van der Waals surface area contributed by atoms with Gasteiger partial charge in [-0.05, 0) is 46.0 Å². The highest BCUT2D eigenvalue weighted by atomic mass is 16.6. The molecule has 0 saturated heterocycles. The molecule has 1 aromatic carbocycles. The van der Waals surface area contributed by atoms with Crippen LogP contribution < -0.4 is 24.8 Å². The highest BCUT2D eigenvalue weighted by molar-refractivity contribution is 5.93. The Morgan fingerprint density at radius 1 is 1.03 bits per heavy atom. The van der Waals surface area contributed by atoms with Crippen molar-refractivity contribution in [2.24, 2.45) is 11.8 Å². The molecular formula is C21H32N2O6. The number of alkyl carbamates (subject to hydrolysis) is 1. The smallest absolute Gasteiger partial charge is 0.407 e. The van der Waals surface area contributed by atoms with Crippen molar-refractivity contribution in [2.75, 3.05) is 33.2 Å². The average Bonchev–Trinajstić information content (AvgIpc) is 3.13. The minimum Gasteiger partial charge on any atom is -0.493 e. The lowest BCUT2D eigenvalue weighted by molar-refractivity contribution is -0.119. The maximum atomic E-state index is 12.7. The number of carbonyl (C=O) groups is 2. The number of amides is 2. The van der Waals surface area contributed by atoms with Crippen LogP contribution in [0.3, 0.4) is 0 Å². The molecule has 8 nitrogen and oxygen atoms in total. The second-order valence-corrected chi connectivity index (χ2v) is 8.16. The van der Waals surface area contributed by atoms with Crippen molar-refractivity contribution in [2.45, 2.75) is 45.6 Å². The van der Waals surface area contributed by atoms with Gasteiger partial charge in [0.15, 0.2) is 11.5 Å². The van der Waals surface area contributed by atoms with E-state index in [1.807, 2.05) is 20.8 Å². The summed E-state index contributed by atoms with van der Waals surface area (Å²) in [5, 5.41) is 5.73. The van der Waals surface area contributed by atoms with Crippen molar-refractivity contribution in [3.63, 3.8) is 0 Å². The predicted octanol–water partition coefficient (Wildman–Crippen LogP) is 3.59. The number of hydrogen-bond donors (Lipinski definition) is 2. The van der Waals surface area contributed by atoms with Gasteiger partial charge in [0.05, 0.1) is 21.3 Å². The topological polar surface area (TPSA) is 95.1 Å². The summed E-state index contributed by atoms with van der Waals surface area (Å²) in [4.78, 5) is 24.5. The summed E-state index contributed by atoms with van der Waals surface area (Å²) in [6.07, 6.45) is 1.94. The number of nitrogens with one attached hydrogen (secondary N) is 2. The van der Waals surface area contributed by atoms with E-state index < -0.39 is 11.7 Å². The summed E-state index contributed by atoms with van der Waals surface area (Å²) < 4.78 is 21.2. The van der Waals surface area contributed by atoms with Crippen LogP contribution in [-0.4, -0.2) is 45.5 Å². The summed E-state index contributed by atoms with van der Waals surface area (Å²) in [6, 6.07) is 3.41. The zero-order chi connectivity index (χ0) is 21.6. The third-order valence-electron chi connectivity index (χ3n) is 4.78. The lowest BCUT2D eigenvalue weighted by Crippen LogP contribution is -2.35. The first-order chi connectivity index (χ1) is 13.7. The van der Waals surface area contributed by atoms with E-state index in [0.717, 1.165) is 12.8 Å². The minimum absolute atomic E-state index is 0.0564. The lowest BCUT2D eigenvalue weighted by atomic mass is 10.0. The number of anilines is 1. The quantitative estimate of drug-likeness (QED) is 0.716. The summed E-state index contributed by atoms with van der Waals surface area (Å²) >= 11 is 0. The van der Waals surface area contributed by atoms with Gasteiger partial charge in [-0.3, -0.25) is 4.79 Å². The van der Waals surface area contributed by atoms with Crippen molar-refractivity contribution < 1.29 is 28.5 Å². The summed E-state index contributed by atoms with van der Waals surface area (Å²) in [7, 11) is 4.59. The fourth-order valence-corrected chi connectivity index (χ4v) is 3.44. The molecule has 29 heavy (non-hydrogen) atoms. The van der Waals surface area contributed by atoms with Gasteiger partial charge in [-0.25, -0.2) is 4.79 Å². The van der Waals surface area contributed by atoms with Gasteiger partial charge < -0.3 is 29.6 Å². The molecule has 0 aromatic heterocycles. The van der Waals surface area contributed by atoms with Crippen LogP contribution in [0.4, 0.5) is 10.5 Å². The Morgan fingerprint density at radius 2 is 1.66 bits per heavy atom. The van der Waals surface area contributed by atoms with Crippen molar-refractivity contribution >= 4 is 17.7 Å². The fraction of sp³-hybridized carbons (Fsp3) is 0.619. The minimum atomic E-state index is -0.525. The van der Waals surface area contributed by atoms with Gasteiger partial charge in [0.2, 0.25) is 11.7 Å². The molecule has 2 atom stereocenters. The molecule has 0 heterocycles. The number of rotatable bonds is 7. The van der Waals surface area contributed by atoms with Crippen molar-refractivity contribution in [3.05, 3.63) is 12.1 Å². The zero-order valence-corrected chi connectivity index (χ0v) is 18.1. The standard InChI is InChI=1S/C21H32N2O6/c1-21(2,3)29-20(25)22-12-13-7-8-14(9-13)19(24)23-15-10-16(26-4)18(28-6)17(11-15)27-5/h10-11,13-14H,7-9,12H2,1-6H3,(H,22,25)(H,23,24)/t13-,14+/m0/s1. The molecule has 0 aliphatic heterocycles. The van der Waals surface area contributed by atoms with Crippen LogP contribution in [0.15, 0.2) is 12.1 Å². The van der Waals surface area contributed by atoms with Gasteiger partial charge in [-0.2, -0.15) is 0 Å². The molecule has 162 valence electrons. The van der Waals surface area contributed by atoms with E-state index in [0.29, 0.717) is 35.9 Å². The Hall–Kier alpha value is -2.64. The molecule has 2 amide bonds. The van der Waals surface area contributed by atoms with Gasteiger partial charge in [-0.1, -0.05) is 0 Å². The van der Waals surface area contributed by atoms with Crippen LogP contribution in [0.1, 0.15) is 40.0 Å². The van der Waals surface area contributed by atoms with Crippen LogP contribution in [-0.2, 0) is 9.53 Å². The van der Waals surface area contributed by atoms with Gasteiger partial charge >= 0.3 is 6.09 Å². The first-order valence-corrected chi connectivity index (χ1v) is 9.74. The number of benzene rings is 1. The number of hydrogen-bond acceptors (Lipinski definition) is 6. The molecular weight excluding hydrogens is 376 g/mol. The largest absolute Gasteiger partial charge is 0.493 e. The maximum absolute atomic E-state index is 12.7. The second-order valence-electron chi connectivity index (χ2n) is 8.16. The predicted molar refractivity (Wildman–Crippen MR) is 110 cm³/mol. The Morgan fingerprint density at radius 3 is 2.17 bits per heavy atom. The molecule has 1 fully saturated rings. The van der Waals surface area contributed by atoms with Gasteiger partial charge in [0, 0.05) is 30.3 Å². The summed E-state index contributed by atoms with van der Waals surface area (Å²) in [5.41, 5.74) is 0.0580. The van der Waals surface area contributed by atoms with Gasteiger partial charge in [0.1, 0.15) is 5.60 Å². The molecule has 1 aliphatic carbocycles. The van der Waals surface area contributed by atoms with Gasteiger partial charge in [0.25, 0.3) is 0 Å². The van der Waals surface area contributed by atoms with E-state index in [2.05, 4.69) is 10.6 Å². The molecule has 1 saturated carbocycles. The highest BCUT2D eigenvalue weighted by Gasteiger charge is 2.31. The van der Waals surface area contributed by atoms with E-state index in [-0.39, 0.29) is 17.7 Å². The number of carbonyl (C=O) groups excluding carboxylic acids is 2. The average molecular weight is 408 g/mol. The van der Waals surface area contributed by atoms with Gasteiger partial charge in [-0.15, -0.1) is 0 Å². The van der Waals surface area contributed by atoms with Crippen molar-refractivity contribution in [1.29, 1.82) is 0 Å². The molecule has 2 rings (SSSR count). The molecule has 0 unspecified atom stereocenters. The monoisotopic (exact) mass is 408 g/mol. The van der Waals surface area contributed by atoms with Crippen LogP contribution >= 0.6 is 0 Å². The van der Waals surface area contributed by atoms with Crippen LogP contribution in [0.2, 0.25) is 0 Å². The number of ether oxygens (including phenoxy) is 4. The SMILES string of the molecule is COc1cc(NC(=O)[C@@H]2CC[C@H](CNC(=O)OC(C)(C)C)C2)cc(OC)c1OC. The summed E-state index contributed by atoms with van der Waals surface area (Å²) in [5.74, 6) is 1.51. The van der Waals surface area contributed by atoms with E-state index in [9.17, 15) is 9.59 Å². The van der Waals surface area contributed by atoms with Crippen LogP contribution in [0.5, 0.6) is 17.2 Å². The zero-order valence-electron chi connectivity index (χ0n) is 18.1. The molecule has 0 bridgehead atoms. The maximum Gasteiger partial charge on any atom is 0.407 e. The van der Waals surface area contributed by atoms with E-state index in [1.165, 1.54) is 21.3 Å². The molecule has 2 N–H and O–H groups in total. The highest BCUT2D eigenvalue weighted by Crippen LogP contribution is 2.40. The fourth-order valence-electron chi connectivity index (χ4n) is 3.44. The first-order valence-electron chi connectivity index (χ1n) is 9.74.